The Hall–Kier alpha value is -0.420. The zero-order valence-corrected chi connectivity index (χ0v) is 15.4. The van der Waals surface area contributed by atoms with Gasteiger partial charge in [-0.1, -0.05) is 48.1 Å². The van der Waals surface area contributed by atoms with Crippen LogP contribution in [0.4, 0.5) is 0 Å². The van der Waals surface area contributed by atoms with Crippen molar-refractivity contribution in [3.8, 4) is 0 Å². The number of ether oxygens (including phenoxy) is 3. The van der Waals surface area contributed by atoms with E-state index in [0.717, 1.165) is 18.4 Å². The van der Waals surface area contributed by atoms with Crippen LogP contribution in [0, 0.1) is 0 Å². The van der Waals surface area contributed by atoms with Gasteiger partial charge in [-0.25, -0.2) is 0 Å². The van der Waals surface area contributed by atoms with Crippen molar-refractivity contribution in [3.63, 3.8) is 0 Å². The van der Waals surface area contributed by atoms with Crippen molar-refractivity contribution < 1.29 is 19.3 Å². The smallest absolute Gasteiger partial charge is 0.168 e. The summed E-state index contributed by atoms with van der Waals surface area (Å²) in [6, 6.07) is 0. The van der Waals surface area contributed by atoms with Crippen LogP contribution >= 0.6 is 0 Å². The molecule has 1 aliphatic heterocycles. The zero-order valence-electron chi connectivity index (χ0n) is 15.4. The average Bonchev–Trinajstić information content (AvgIpc) is 3.01. The van der Waals surface area contributed by atoms with Crippen LogP contribution in [0.2, 0.25) is 0 Å². The lowest BCUT2D eigenvalue weighted by atomic mass is 10.1. The fraction of sp³-hybridized carbons (Fsp3) is 0.889. The first kappa shape index (κ1) is 21.6. The van der Waals surface area contributed by atoms with Crippen LogP contribution in [0.1, 0.15) is 73.6 Å². The topological polar surface area (TPSA) is 47.9 Å². The second-order valence-electron chi connectivity index (χ2n) is 5.45. The summed E-state index contributed by atoms with van der Waals surface area (Å²) in [6.45, 7) is 17.1. The van der Waals surface area contributed by atoms with E-state index in [2.05, 4.69) is 20.4 Å². The maximum atomic E-state index is 10.1. The van der Waals surface area contributed by atoms with Crippen LogP contribution in [-0.4, -0.2) is 36.0 Å². The van der Waals surface area contributed by atoms with Gasteiger partial charge in [0.2, 0.25) is 0 Å². The molecule has 1 aliphatic rings. The van der Waals surface area contributed by atoms with Gasteiger partial charge in [0.1, 0.15) is 6.10 Å². The van der Waals surface area contributed by atoms with E-state index in [4.69, 9.17) is 14.2 Å². The van der Waals surface area contributed by atoms with Gasteiger partial charge >= 0.3 is 0 Å². The van der Waals surface area contributed by atoms with Crippen molar-refractivity contribution in [2.24, 2.45) is 0 Å². The summed E-state index contributed by atoms with van der Waals surface area (Å²) < 4.78 is 17.4. The Morgan fingerprint density at radius 3 is 2.18 bits per heavy atom. The Balaban J connectivity index is 0.00000211. The van der Waals surface area contributed by atoms with Crippen molar-refractivity contribution in [1.29, 1.82) is 0 Å². The maximum Gasteiger partial charge on any atom is 0.168 e. The summed E-state index contributed by atoms with van der Waals surface area (Å²) in [5.74, 6) is -1.45. The molecule has 22 heavy (non-hydrogen) atoms. The number of hydrogen-bond acceptors (Lipinski definition) is 4. The molecule has 0 bridgehead atoms. The molecule has 0 aromatic rings. The second-order valence-corrected chi connectivity index (χ2v) is 5.45. The van der Waals surface area contributed by atoms with Gasteiger partial charge in [0.25, 0.3) is 0 Å². The summed E-state index contributed by atoms with van der Waals surface area (Å²) in [6.07, 6.45) is 3.49. The van der Waals surface area contributed by atoms with Gasteiger partial charge in [-0.15, -0.1) is 0 Å². The monoisotopic (exact) mass is 316 g/mol. The molecule has 0 aliphatic carbocycles. The Morgan fingerprint density at radius 1 is 1.23 bits per heavy atom. The minimum absolute atomic E-state index is 0.0603. The van der Waals surface area contributed by atoms with E-state index in [1.807, 2.05) is 27.7 Å². The molecule has 1 heterocycles. The van der Waals surface area contributed by atoms with Crippen molar-refractivity contribution in [3.05, 3.63) is 12.2 Å². The Morgan fingerprint density at radius 2 is 1.77 bits per heavy atom. The minimum atomic E-state index is -1.01. The van der Waals surface area contributed by atoms with Crippen molar-refractivity contribution >= 4 is 0 Å². The summed E-state index contributed by atoms with van der Waals surface area (Å²) in [5.41, 5.74) is 0.975. The maximum absolute atomic E-state index is 10.1. The zero-order chi connectivity index (χ0) is 17.2. The largest absolute Gasteiger partial charge is 0.365 e. The van der Waals surface area contributed by atoms with Gasteiger partial charge in [-0.3, -0.25) is 0 Å². The van der Waals surface area contributed by atoms with E-state index in [9.17, 15) is 5.11 Å². The van der Waals surface area contributed by atoms with Crippen LogP contribution in [0.15, 0.2) is 12.2 Å². The Bertz CT molecular complexity index is 306. The molecule has 0 radical (unpaired) electrons. The average molecular weight is 316 g/mol. The predicted octanol–water partition coefficient (Wildman–Crippen LogP) is 4.42. The first-order valence-electron chi connectivity index (χ1n) is 8.80. The third kappa shape index (κ3) is 5.99. The van der Waals surface area contributed by atoms with Gasteiger partial charge in [-0.2, -0.15) is 0 Å². The molecule has 0 amide bonds. The highest BCUT2D eigenvalue weighted by Crippen LogP contribution is 2.33. The third-order valence-electron chi connectivity index (χ3n) is 4.29. The number of rotatable bonds is 9. The van der Waals surface area contributed by atoms with Gasteiger partial charge in [-0.05, 0) is 37.7 Å². The standard InChI is InChI=1S/C16H30O4.C2H6/c1-6-15(17,7-2)18-11-10-13(5)14-12-19-16(8-3,9-4)20-14;1-2/h14,17H,5-12H2,1-4H3;1-2H3/t14-;/m0./s1. The van der Waals surface area contributed by atoms with E-state index in [1.165, 1.54) is 0 Å². The molecule has 0 aromatic heterocycles. The number of hydrogen-bond donors (Lipinski definition) is 1. The SMILES string of the molecule is C=C(CCOC(O)(CC)CC)[C@@H]1COC(CC)(CC)O1.CC. The highest BCUT2D eigenvalue weighted by Gasteiger charge is 2.39. The van der Waals surface area contributed by atoms with Crippen LogP contribution in [0.3, 0.4) is 0 Å². The summed E-state index contributed by atoms with van der Waals surface area (Å²) in [4.78, 5) is 0. The molecular formula is C18H36O4. The van der Waals surface area contributed by atoms with E-state index in [-0.39, 0.29) is 6.10 Å². The minimum Gasteiger partial charge on any atom is -0.365 e. The summed E-state index contributed by atoms with van der Waals surface area (Å²) >= 11 is 0. The van der Waals surface area contributed by atoms with Crippen LogP contribution < -0.4 is 0 Å². The molecule has 4 heteroatoms. The van der Waals surface area contributed by atoms with E-state index < -0.39 is 11.6 Å². The Labute approximate surface area is 136 Å². The van der Waals surface area contributed by atoms with Gasteiger partial charge in [0.05, 0.1) is 13.2 Å². The molecule has 0 unspecified atom stereocenters. The van der Waals surface area contributed by atoms with E-state index >= 15 is 0 Å². The molecule has 0 saturated carbocycles. The lowest BCUT2D eigenvalue weighted by Crippen LogP contribution is -2.31. The molecule has 1 rings (SSSR count). The van der Waals surface area contributed by atoms with Gasteiger partial charge < -0.3 is 19.3 Å². The lowest BCUT2D eigenvalue weighted by Gasteiger charge is -2.27. The van der Waals surface area contributed by atoms with Crippen molar-refractivity contribution in [1.82, 2.24) is 0 Å². The Kier molecular flexibility index (Phi) is 10.2. The summed E-state index contributed by atoms with van der Waals surface area (Å²) in [7, 11) is 0. The summed E-state index contributed by atoms with van der Waals surface area (Å²) in [5, 5.41) is 10.1. The van der Waals surface area contributed by atoms with Crippen LogP contribution in [-0.2, 0) is 14.2 Å². The molecule has 1 atom stereocenters. The van der Waals surface area contributed by atoms with Crippen LogP contribution in [0.25, 0.3) is 0 Å². The molecular weight excluding hydrogens is 280 g/mol. The van der Waals surface area contributed by atoms with E-state index in [1.54, 1.807) is 0 Å². The quantitative estimate of drug-likeness (QED) is 0.505. The fourth-order valence-corrected chi connectivity index (χ4v) is 2.36. The molecule has 0 spiro atoms. The predicted molar refractivity (Wildman–Crippen MR) is 90.7 cm³/mol. The number of aliphatic hydroxyl groups is 1. The fourth-order valence-electron chi connectivity index (χ4n) is 2.36. The third-order valence-corrected chi connectivity index (χ3v) is 4.29. The molecule has 1 N–H and O–H groups in total. The van der Waals surface area contributed by atoms with Crippen molar-refractivity contribution in [2.45, 2.75) is 91.3 Å². The molecule has 4 nitrogen and oxygen atoms in total. The highest BCUT2D eigenvalue weighted by molar-refractivity contribution is 5.05. The lowest BCUT2D eigenvalue weighted by molar-refractivity contribution is -0.206. The molecule has 1 fully saturated rings. The van der Waals surface area contributed by atoms with Crippen molar-refractivity contribution in [2.75, 3.05) is 13.2 Å². The first-order chi connectivity index (χ1) is 10.4. The first-order valence-corrected chi connectivity index (χ1v) is 8.80. The molecule has 132 valence electrons. The van der Waals surface area contributed by atoms with Gasteiger partial charge in [0, 0.05) is 0 Å². The second kappa shape index (κ2) is 10.4. The highest BCUT2D eigenvalue weighted by atomic mass is 16.7. The van der Waals surface area contributed by atoms with Gasteiger partial charge in [0.15, 0.2) is 11.6 Å². The molecule has 1 saturated heterocycles. The van der Waals surface area contributed by atoms with E-state index in [0.29, 0.717) is 32.5 Å². The normalized spacial score (nSPS) is 20.4. The molecule has 0 aromatic carbocycles. The van der Waals surface area contributed by atoms with Crippen LogP contribution in [0.5, 0.6) is 0 Å².